The Morgan fingerprint density at radius 2 is 1.65 bits per heavy atom. The third kappa shape index (κ3) is 3.29. The first kappa shape index (κ1) is 14.4. The van der Waals surface area contributed by atoms with Gasteiger partial charge in [-0.1, -0.05) is 12.1 Å². The molecule has 0 aliphatic carbocycles. The molecule has 0 spiro atoms. The van der Waals surface area contributed by atoms with Crippen LogP contribution in [0.4, 0.5) is 0 Å². The molecule has 0 aliphatic rings. The Kier molecular flexibility index (Phi) is 4.28. The normalized spacial score (nSPS) is 11.1. The maximum atomic E-state index is 10.9. The fourth-order valence-electron chi connectivity index (χ4n) is 2.08. The number of benzene rings is 2. The molecule has 0 bridgehead atoms. The van der Waals surface area contributed by atoms with Gasteiger partial charge in [0.15, 0.2) is 0 Å². The van der Waals surface area contributed by atoms with Crippen molar-refractivity contribution in [2.45, 2.75) is 39.9 Å². The van der Waals surface area contributed by atoms with Gasteiger partial charge in [0.05, 0.1) is 12.2 Å². The van der Waals surface area contributed by atoms with Gasteiger partial charge in [0, 0.05) is 17.0 Å². The van der Waals surface area contributed by atoms with Gasteiger partial charge in [-0.3, -0.25) is 4.79 Å². The summed E-state index contributed by atoms with van der Waals surface area (Å²) in [5.41, 5.74) is 0.642. The largest absolute Gasteiger partial charge is 0.491 e. The predicted octanol–water partition coefficient (Wildman–Crippen LogP) is 4.23. The molecule has 106 valence electrons. The summed E-state index contributed by atoms with van der Waals surface area (Å²) in [5.74, 6) is 1.53. The van der Waals surface area contributed by atoms with Crippen LogP contribution in [0.25, 0.3) is 10.8 Å². The van der Waals surface area contributed by atoms with Gasteiger partial charge in [-0.15, -0.1) is 0 Å². The molecule has 2 aromatic carbocycles. The van der Waals surface area contributed by atoms with Gasteiger partial charge in [-0.05, 0) is 45.2 Å². The predicted molar refractivity (Wildman–Crippen MR) is 80.9 cm³/mol. The summed E-state index contributed by atoms with van der Waals surface area (Å²) in [6, 6.07) is 9.42. The first-order chi connectivity index (χ1) is 9.49. The molecule has 0 unspecified atom stereocenters. The van der Waals surface area contributed by atoms with Crippen LogP contribution in [0.15, 0.2) is 30.3 Å². The minimum Gasteiger partial charge on any atom is -0.491 e. The van der Waals surface area contributed by atoms with Crippen LogP contribution in [0.5, 0.6) is 11.5 Å². The van der Waals surface area contributed by atoms with Gasteiger partial charge >= 0.3 is 0 Å². The van der Waals surface area contributed by atoms with E-state index in [1.807, 2.05) is 52.0 Å². The molecule has 0 radical (unpaired) electrons. The number of ether oxygens (including phenoxy) is 2. The average molecular weight is 272 g/mol. The monoisotopic (exact) mass is 272 g/mol. The molecule has 0 atom stereocenters. The lowest BCUT2D eigenvalue weighted by molar-refractivity contribution is 0.112. The highest BCUT2D eigenvalue weighted by atomic mass is 16.5. The fraction of sp³-hybridized carbons (Fsp3) is 0.353. The van der Waals surface area contributed by atoms with Crippen molar-refractivity contribution in [1.29, 1.82) is 0 Å². The smallest absolute Gasteiger partial charge is 0.150 e. The van der Waals surface area contributed by atoms with E-state index in [-0.39, 0.29) is 12.2 Å². The Morgan fingerprint density at radius 3 is 2.25 bits per heavy atom. The molecule has 3 heteroatoms. The van der Waals surface area contributed by atoms with Gasteiger partial charge in [-0.25, -0.2) is 0 Å². The second-order valence-corrected chi connectivity index (χ2v) is 5.35. The van der Waals surface area contributed by atoms with Crippen molar-refractivity contribution in [3.8, 4) is 11.5 Å². The van der Waals surface area contributed by atoms with Crippen LogP contribution in [0, 0.1) is 0 Å². The van der Waals surface area contributed by atoms with E-state index in [0.717, 1.165) is 28.6 Å². The van der Waals surface area contributed by atoms with Crippen LogP contribution in [-0.2, 0) is 0 Å². The Balaban J connectivity index is 2.57. The molecule has 20 heavy (non-hydrogen) atoms. The van der Waals surface area contributed by atoms with Crippen molar-refractivity contribution in [3.05, 3.63) is 35.9 Å². The summed E-state index contributed by atoms with van der Waals surface area (Å²) < 4.78 is 11.6. The summed E-state index contributed by atoms with van der Waals surface area (Å²) in [6.45, 7) is 7.93. The lowest BCUT2D eigenvalue weighted by Gasteiger charge is -2.16. The first-order valence-electron chi connectivity index (χ1n) is 6.86. The standard InChI is InChI=1S/C17H20O3/c1-11(2)19-15-8-14-6-5-13(10-18)7-16(14)17(9-15)20-12(3)4/h5-12H,1-4H3. The number of carbonyl (C=O) groups excluding carboxylic acids is 1. The number of rotatable bonds is 5. The third-order valence-electron chi connectivity index (χ3n) is 2.78. The van der Waals surface area contributed by atoms with Crippen molar-refractivity contribution in [3.63, 3.8) is 0 Å². The number of hydrogen-bond acceptors (Lipinski definition) is 3. The van der Waals surface area contributed by atoms with E-state index in [0.29, 0.717) is 5.56 Å². The third-order valence-corrected chi connectivity index (χ3v) is 2.78. The molecule has 0 amide bonds. The van der Waals surface area contributed by atoms with E-state index in [1.54, 1.807) is 6.07 Å². The molecular formula is C17H20O3. The van der Waals surface area contributed by atoms with Crippen molar-refractivity contribution < 1.29 is 14.3 Å². The van der Waals surface area contributed by atoms with Crippen LogP contribution >= 0.6 is 0 Å². The number of fused-ring (bicyclic) bond motifs is 1. The van der Waals surface area contributed by atoms with E-state index in [2.05, 4.69) is 0 Å². The van der Waals surface area contributed by atoms with E-state index in [4.69, 9.17) is 9.47 Å². The van der Waals surface area contributed by atoms with Gasteiger partial charge in [0.1, 0.15) is 17.8 Å². The molecule has 0 fully saturated rings. The number of aldehydes is 1. The quantitative estimate of drug-likeness (QED) is 0.764. The summed E-state index contributed by atoms with van der Waals surface area (Å²) in [5, 5.41) is 1.93. The first-order valence-corrected chi connectivity index (χ1v) is 6.86. The van der Waals surface area contributed by atoms with Gasteiger partial charge in [0.2, 0.25) is 0 Å². The van der Waals surface area contributed by atoms with Crippen molar-refractivity contribution in [1.82, 2.24) is 0 Å². The molecule has 0 saturated heterocycles. The molecular weight excluding hydrogens is 252 g/mol. The summed E-state index contributed by atoms with van der Waals surface area (Å²) in [6.07, 6.45) is 1.01. The van der Waals surface area contributed by atoms with Crippen molar-refractivity contribution >= 4 is 17.1 Å². The van der Waals surface area contributed by atoms with E-state index in [1.165, 1.54) is 0 Å². The molecule has 0 aliphatic heterocycles. The van der Waals surface area contributed by atoms with Crippen molar-refractivity contribution in [2.75, 3.05) is 0 Å². The number of carbonyl (C=O) groups is 1. The molecule has 2 rings (SSSR count). The number of hydrogen-bond donors (Lipinski definition) is 0. The summed E-state index contributed by atoms with van der Waals surface area (Å²) in [7, 11) is 0. The fourth-order valence-corrected chi connectivity index (χ4v) is 2.08. The second-order valence-electron chi connectivity index (χ2n) is 5.35. The Morgan fingerprint density at radius 1 is 0.950 bits per heavy atom. The zero-order valence-corrected chi connectivity index (χ0v) is 12.3. The van der Waals surface area contributed by atoms with Gasteiger partial charge in [0.25, 0.3) is 0 Å². The van der Waals surface area contributed by atoms with Gasteiger partial charge in [-0.2, -0.15) is 0 Å². The lowest BCUT2D eigenvalue weighted by atomic mass is 10.1. The minimum absolute atomic E-state index is 0.0624. The molecule has 0 aromatic heterocycles. The Bertz CT molecular complexity index is 615. The zero-order chi connectivity index (χ0) is 14.7. The highest BCUT2D eigenvalue weighted by molar-refractivity contribution is 5.94. The maximum absolute atomic E-state index is 10.9. The van der Waals surface area contributed by atoms with Crippen LogP contribution in [0.3, 0.4) is 0 Å². The summed E-state index contributed by atoms with van der Waals surface area (Å²) >= 11 is 0. The molecule has 0 N–H and O–H groups in total. The Labute approximate surface area is 119 Å². The van der Waals surface area contributed by atoms with Crippen LogP contribution in [-0.4, -0.2) is 18.5 Å². The van der Waals surface area contributed by atoms with E-state index >= 15 is 0 Å². The molecule has 0 heterocycles. The molecule has 2 aromatic rings. The molecule has 0 saturated carbocycles. The SMILES string of the molecule is CC(C)Oc1cc(OC(C)C)c2cc(C=O)ccc2c1. The highest BCUT2D eigenvalue weighted by Crippen LogP contribution is 2.33. The van der Waals surface area contributed by atoms with Crippen LogP contribution in [0.1, 0.15) is 38.1 Å². The topological polar surface area (TPSA) is 35.5 Å². The highest BCUT2D eigenvalue weighted by Gasteiger charge is 2.10. The van der Waals surface area contributed by atoms with Gasteiger partial charge < -0.3 is 9.47 Å². The Hall–Kier alpha value is -2.03. The minimum atomic E-state index is 0.0624. The van der Waals surface area contributed by atoms with Crippen LogP contribution in [0.2, 0.25) is 0 Å². The van der Waals surface area contributed by atoms with Crippen LogP contribution < -0.4 is 9.47 Å². The summed E-state index contributed by atoms with van der Waals surface area (Å²) in [4.78, 5) is 10.9. The average Bonchev–Trinajstić information content (AvgIpc) is 2.37. The van der Waals surface area contributed by atoms with E-state index < -0.39 is 0 Å². The van der Waals surface area contributed by atoms with E-state index in [9.17, 15) is 4.79 Å². The molecule has 3 nitrogen and oxygen atoms in total. The second kappa shape index (κ2) is 5.95. The zero-order valence-electron chi connectivity index (χ0n) is 12.3. The maximum Gasteiger partial charge on any atom is 0.150 e. The lowest BCUT2D eigenvalue weighted by Crippen LogP contribution is -2.08. The van der Waals surface area contributed by atoms with Crippen molar-refractivity contribution in [2.24, 2.45) is 0 Å².